The van der Waals surface area contributed by atoms with Gasteiger partial charge in [0.15, 0.2) is 0 Å². The Kier molecular flexibility index (Phi) is 5.57. The summed E-state index contributed by atoms with van der Waals surface area (Å²) in [5.74, 6) is 0.977. The Labute approximate surface area is 187 Å². The van der Waals surface area contributed by atoms with Crippen LogP contribution >= 0.6 is 0 Å². The molecule has 1 aliphatic carbocycles. The third kappa shape index (κ3) is 4.08. The molecule has 0 radical (unpaired) electrons. The van der Waals surface area contributed by atoms with Crippen LogP contribution in [0, 0.1) is 23.1 Å². The van der Waals surface area contributed by atoms with E-state index in [2.05, 4.69) is 15.2 Å². The molecule has 6 nitrogen and oxygen atoms in total. The van der Waals surface area contributed by atoms with Crippen LogP contribution in [-0.2, 0) is 4.79 Å². The molecule has 7 heteroatoms. The van der Waals surface area contributed by atoms with Crippen molar-refractivity contribution in [2.45, 2.75) is 25.7 Å². The van der Waals surface area contributed by atoms with E-state index < -0.39 is 11.2 Å². The quantitative estimate of drug-likeness (QED) is 0.782. The second-order valence-corrected chi connectivity index (χ2v) is 9.44. The zero-order valence-corrected chi connectivity index (χ0v) is 18.2. The van der Waals surface area contributed by atoms with Crippen molar-refractivity contribution < 1.29 is 14.0 Å². The van der Waals surface area contributed by atoms with Gasteiger partial charge in [0.05, 0.1) is 5.41 Å². The first-order valence-electron chi connectivity index (χ1n) is 11.5. The Morgan fingerprint density at radius 1 is 1.16 bits per heavy atom. The Balaban J connectivity index is 1.41. The van der Waals surface area contributed by atoms with Gasteiger partial charge in [0.2, 0.25) is 5.91 Å². The maximum atomic E-state index is 13.7. The number of hydrogen-bond donors (Lipinski definition) is 1. The van der Waals surface area contributed by atoms with Crippen molar-refractivity contribution in [1.82, 2.24) is 15.2 Å². The second kappa shape index (κ2) is 8.52. The maximum Gasteiger partial charge on any atom is 0.253 e. The van der Waals surface area contributed by atoms with Crippen LogP contribution in [0.2, 0.25) is 0 Å². The Morgan fingerprint density at radius 3 is 2.78 bits per heavy atom. The van der Waals surface area contributed by atoms with Crippen LogP contribution in [0.5, 0.6) is 0 Å². The number of amides is 2. The second-order valence-electron chi connectivity index (χ2n) is 9.44. The first-order valence-corrected chi connectivity index (χ1v) is 11.5. The zero-order chi connectivity index (χ0) is 22.1. The summed E-state index contributed by atoms with van der Waals surface area (Å²) in [4.78, 5) is 35.2. The Hall–Kier alpha value is -2.96. The van der Waals surface area contributed by atoms with Gasteiger partial charge in [-0.25, -0.2) is 9.37 Å². The van der Waals surface area contributed by atoms with E-state index >= 15 is 0 Å². The van der Waals surface area contributed by atoms with Crippen LogP contribution in [-0.4, -0.2) is 54.4 Å². The molecular formula is C25H29FN4O2. The summed E-state index contributed by atoms with van der Waals surface area (Å²) in [6.45, 7) is 3.07. The molecule has 1 aromatic carbocycles. The number of halogens is 1. The lowest BCUT2D eigenvalue weighted by Gasteiger charge is -2.32. The summed E-state index contributed by atoms with van der Waals surface area (Å²) in [6, 6.07) is 11.7. The molecule has 0 unspecified atom stereocenters. The molecule has 0 bridgehead atoms. The molecule has 32 heavy (non-hydrogen) atoms. The van der Waals surface area contributed by atoms with Gasteiger partial charge in [-0.15, -0.1) is 0 Å². The van der Waals surface area contributed by atoms with E-state index in [1.165, 1.54) is 25.0 Å². The standard InChI is InChI=1S/C25H29FN4O2/c26-21-6-3-5-19(13-21)23(31)29-12-4-10-25(24(32)28-14-18-8-9-18)17-30(16-20(25)15-29)22-7-1-2-11-27-22/h1-3,5-7,11,13,18,20H,4,8-10,12,14-17H2,(H,28,32)/t20-,25-/m0/s1. The molecule has 1 aromatic heterocycles. The summed E-state index contributed by atoms with van der Waals surface area (Å²) in [5.41, 5.74) is -0.195. The van der Waals surface area contributed by atoms with Gasteiger partial charge in [-0.2, -0.15) is 0 Å². The van der Waals surface area contributed by atoms with E-state index in [9.17, 15) is 14.0 Å². The molecule has 2 amide bonds. The molecule has 5 rings (SSSR count). The van der Waals surface area contributed by atoms with Crippen molar-refractivity contribution in [3.05, 3.63) is 60.0 Å². The highest BCUT2D eigenvalue weighted by molar-refractivity contribution is 5.94. The monoisotopic (exact) mass is 436 g/mol. The minimum Gasteiger partial charge on any atom is -0.355 e. The first kappa shape index (κ1) is 20.9. The van der Waals surface area contributed by atoms with E-state index in [0.717, 1.165) is 25.2 Å². The van der Waals surface area contributed by atoms with E-state index in [1.807, 2.05) is 18.2 Å². The molecule has 168 valence electrons. The maximum absolute atomic E-state index is 13.7. The van der Waals surface area contributed by atoms with Gasteiger partial charge in [-0.1, -0.05) is 12.1 Å². The molecule has 2 atom stereocenters. The topological polar surface area (TPSA) is 65.5 Å². The number of anilines is 1. The van der Waals surface area contributed by atoms with Crippen molar-refractivity contribution in [3.8, 4) is 0 Å². The number of pyridine rings is 1. The number of benzene rings is 1. The van der Waals surface area contributed by atoms with Crippen LogP contribution in [0.25, 0.3) is 0 Å². The molecule has 0 spiro atoms. The largest absolute Gasteiger partial charge is 0.355 e. The fourth-order valence-electron chi connectivity index (χ4n) is 5.24. The normalized spacial score (nSPS) is 25.2. The number of rotatable bonds is 5. The number of hydrogen-bond acceptors (Lipinski definition) is 4. The highest BCUT2D eigenvalue weighted by Crippen LogP contribution is 2.44. The van der Waals surface area contributed by atoms with E-state index in [1.54, 1.807) is 23.2 Å². The smallest absolute Gasteiger partial charge is 0.253 e. The van der Waals surface area contributed by atoms with E-state index in [-0.39, 0.29) is 17.7 Å². The molecule has 3 aliphatic rings. The number of nitrogens with one attached hydrogen (secondary N) is 1. The van der Waals surface area contributed by atoms with Gasteiger partial charge >= 0.3 is 0 Å². The molecule has 1 N–H and O–H groups in total. The molecule has 2 aliphatic heterocycles. The first-order chi connectivity index (χ1) is 15.5. The molecule has 2 aromatic rings. The number of nitrogens with zero attached hydrogens (tertiary/aromatic N) is 3. The van der Waals surface area contributed by atoms with Gasteiger partial charge in [-0.05, 0) is 61.9 Å². The summed E-state index contributed by atoms with van der Waals surface area (Å²) < 4.78 is 13.7. The van der Waals surface area contributed by atoms with Crippen molar-refractivity contribution in [3.63, 3.8) is 0 Å². The number of carbonyl (C=O) groups is 2. The van der Waals surface area contributed by atoms with Crippen molar-refractivity contribution in [2.75, 3.05) is 37.6 Å². The lowest BCUT2D eigenvalue weighted by Crippen LogP contribution is -2.48. The third-order valence-corrected chi connectivity index (χ3v) is 7.22. The number of carbonyl (C=O) groups excluding carboxylic acids is 2. The fraction of sp³-hybridized carbons (Fsp3) is 0.480. The Morgan fingerprint density at radius 2 is 2.03 bits per heavy atom. The number of likely N-dealkylation sites (tertiary alicyclic amines) is 1. The zero-order valence-electron chi connectivity index (χ0n) is 18.2. The van der Waals surface area contributed by atoms with Crippen LogP contribution < -0.4 is 10.2 Å². The summed E-state index contributed by atoms with van der Waals surface area (Å²) in [7, 11) is 0. The van der Waals surface area contributed by atoms with Gasteiger partial charge in [0.25, 0.3) is 5.91 Å². The van der Waals surface area contributed by atoms with Gasteiger partial charge < -0.3 is 15.1 Å². The van der Waals surface area contributed by atoms with E-state index in [0.29, 0.717) is 37.7 Å². The molecule has 1 saturated carbocycles. The Bertz CT molecular complexity index is 996. The minimum absolute atomic E-state index is 0.0104. The molecule has 3 fully saturated rings. The van der Waals surface area contributed by atoms with Crippen molar-refractivity contribution >= 4 is 17.6 Å². The van der Waals surface area contributed by atoms with Crippen LogP contribution in [0.3, 0.4) is 0 Å². The lowest BCUT2D eigenvalue weighted by atomic mass is 9.74. The van der Waals surface area contributed by atoms with Gasteiger partial charge in [-0.3, -0.25) is 9.59 Å². The summed E-state index contributed by atoms with van der Waals surface area (Å²) >= 11 is 0. The van der Waals surface area contributed by atoms with Crippen LogP contribution in [0.4, 0.5) is 10.2 Å². The predicted molar refractivity (Wildman–Crippen MR) is 120 cm³/mol. The van der Waals surface area contributed by atoms with Crippen molar-refractivity contribution in [1.29, 1.82) is 0 Å². The minimum atomic E-state index is -0.552. The van der Waals surface area contributed by atoms with Gasteiger partial charge in [0.1, 0.15) is 11.6 Å². The van der Waals surface area contributed by atoms with Crippen molar-refractivity contribution in [2.24, 2.45) is 17.3 Å². The highest BCUT2D eigenvalue weighted by atomic mass is 19.1. The number of fused-ring (bicyclic) bond motifs is 1. The molecule has 3 heterocycles. The molecular weight excluding hydrogens is 407 g/mol. The summed E-state index contributed by atoms with van der Waals surface area (Å²) in [6.07, 6.45) is 5.61. The van der Waals surface area contributed by atoms with Crippen LogP contribution in [0.15, 0.2) is 48.7 Å². The predicted octanol–water partition coefficient (Wildman–Crippen LogP) is 3.11. The summed E-state index contributed by atoms with van der Waals surface area (Å²) in [5, 5.41) is 3.22. The highest BCUT2D eigenvalue weighted by Gasteiger charge is 2.53. The van der Waals surface area contributed by atoms with Gasteiger partial charge in [0, 0.05) is 50.4 Å². The lowest BCUT2D eigenvalue weighted by molar-refractivity contribution is -0.132. The average Bonchev–Trinajstić information content (AvgIpc) is 3.60. The van der Waals surface area contributed by atoms with E-state index in [4.69, 9.17) is 0 Å². The number of aromatic nitrogens is 1. The average molecular weight is 437 g/mol. The third-order valence-electron chi connectivity index (χ3n) is 7.22. The fourth-order valence-corrected chi connectivity index (χ4v) is 5.24. The SMILES string of the molecule is O=C(c1cccc(F)c1)N1CCC[C@]2(C(=O)NCC3CC3)CN(c3ccccn3)C[C@@H]2C1. The molecule has 2 saturated heterocycles. The van der Waals surface area contributed by atoms with Crippen LogP contribution in [0.1, 0.15) is 36.0 Å².